The number of fused-ring (bicyclic) bond motifs is 1. The van der Waals surface area contributed by atoms with Crippen LogP contribution in [0.1, 0.15) is 18.5 Å². The molecule has 0 saturated heterocycles. The van der Waals surface area contributed by atoms with E-state index < -0.39 is 0 Å². The average Bonchev–Trinajstić information content (AvgIpc) is 3.41. The topological polar surface area (TPSA) is 112 Å². The van der Waals surface area contributed by atoms with Crippen molar-refractivity contribution < 1.29 is 9.90 Å². The lowest BCUT2D eigenvalue weighted by molar-refractivity contribution is -0.117. The number of amidine groups is 1. The summed E-state index contributed by atoms with van der Waals surface area (Å²) in [5, 5.41) is 23.0. The van der Waals surface area contributed by atoms with E-state index in [9.17, 15) is 9.90 Å². The van der Waals surface area contributed by atoms with Crippen LogP contribution in [0, 0.1) is 12.8 Å². The summed E-state index contributed by atoms with van der Waals surface area (Å²) in [7, 11) is 0. The third kappa shape index (κ3) is 4.50. The standard InChI is InChI=1S/C21H23N7O2S/c1-13-8-18(26-25-13)24-20-11-27(10-19-22-16(12-29)9-28(19)20)31-17-6-4-15(5-7-17)23-21(30)14-2-3-14/h4-9,11,14,29H,2-3,10,12H2,1H3,(H,23,30)(H2,24,25,26)/q+1. The van der Waals surface area contributed by atoms with Gasteiger partial charge < -0.3 is 10.4 Å². The summed E-state index contributed by atoms with van der Waals surface area (Å²) in [6.45, 7) is 2.41. The molecule has 1 aromatic carbocycles. The van der Waals surface area contributed by atoms with Gasteiger partial charge in [-0.1, -0.05) is 0 Å². The zero-order chi connectivity index (χ0) is 21.4. The highest BCUT2D eigenvalue weighted by Gasteiger charge is 2.39. The van der Waals surface area contributed by atoms with E-state index in [0.29, 0.717) is 18.1 Å². The number of aromatic nitrogens is 2. The largest absolute Gasteiger partial charge is 0.390 e. The van der Waals surface area contributed by atoms with Crippen molar-refractivity contribution in [3.63, 3.8) is 0 Å². The number of nitrogens with one attached hydrogen (secondary N) is 3. The number of carbonyl (C=O) groups is 1. The maximum Gasteiger partial charge on any atom is 0.285 e. The van der Waals surface area contributed by atoms with Gasteiger partial charge in [-0.3, -0.25) is 19.5 Å². The molecule has 1 radical (unpaired) electrons. The Morgan fingerprint density at radius 3 is 2.84 bits per heavy atom. The molecule has 159 valence electrons. The molecule has 0 bridgehead atoms. The van der Waals surface area contributed by atoms with E-state index in [0.717, 1.165) is 40.8 Å². The van der Waals surface area contributed by atoms with E-state index in [4.69, 9.17) is 0 Å². The van der Waals surface area contributed by atoms with Crippen molar-refractivity contribution in [3.8, 4) is 0 Å². The van der Waals surface area contributed by atoms with Crippen LogP contribution in [0.5, 0.6) is 0 Å². The van der Waals surface area contributed by atoms with Gasteiger partial charge in [0.05, 0.1) is 12.8 Å². The van der Waals surface area contributed by atoms with E-state index in [2.05, 4.69) is 30.1 Å². The van der Waals surface area contributed by atoms with Crippen molar-refractivity contribution in [2.75, 3.05) is 23.8 Å². The zero-order valence-electron chi connectivity index (χ0n) is 17.0. The number of anilines is 2. The molecule has 0 unspecified atom stereocenters. The van der Waals surface area contributed by atoms with Crippen LogP contribution >= 0.6 is 11.9 Å². The Kier molecular flexibility index (Phi) is 5.26. The predicted octanol–water partition coefficient (Wildman–Crippen LogP) is 2.69. The van der Waals surface area contributed by atoms with E-state index in [1.54, 1.807) is 11.9 Å². The molecule has 5 rings (SSSR count). The molecule has 9 nitrogen and oxygen atoms in total. The molecule has 2 aromatic rings. The van der Waals surface area contributed by atoms with Crippen LogP contribution in [-0.4, -0.2) is 44.5 Å². The first-order valence-electron chi connectivity index (χ1n) is 10.1. The highest BCUT2D eigenvalue weighted by atomic mass is 32.2. The van der Waals surface area contributed by atoms with Crippen LogP contribution in [0.15, 0.2) is 64.1 Å². The number of aliphatic hydroxyl groups is 1. The van der Waals surface area contributed by atoms with Gasteiger partial charge in [0.2, 0.25) is 5.91 Å². The van der Waals surface area contributed by atoms with Crippen molar-refractivity contribution >= 4 is 35.2 Å². The van der Waals surface area contributed by atoms with Gasteiger partial charge in [-0.15, -0.1) is 0 Å². The van der Waals surface area contributed by atoms with Crippen LogP contribution in [0.4, 0.5) is 11.5 Å². The van der Waals surface area contributed by atoms with Crippen LogP contribution in [0.25, 0.3) is 0 Å². The number of benzene rings is 1. The molecule has 1 amide bonds. The molecule has 4 N–H and O–H groups in total. The predicted molar refractivity (Wildman–Crippen MR) is 120 cm³/mol. The molecule has 2 aliphatic heterocycles. The van der Waals surface area contributed by atoms with Crippen LogP contribution in [0.2, 0.25) is 0 Å². The number of hydrogen-bond acceptors (Lipinski definition) is 8. The molecule has 1 aliphatic carbocycles. The normalized spacial score (nSPS) is 18.3. The fourth-order valence-corrected chi connectivity index (χ4v) is 4.20. The second kappa shape index (κ2) is 8.22. The van der Waals surface area contributed by atoms with E-state index >= 15 is 0 Å². The minimum Gasteiger partial charge on any atom is -0.390 e. The zero-order valence-corrected chi connectivity index (χ0v) is 17.8. The highest BCUT2D eigenvalue weighted by Crippen LogP contribution is 2.32. The smallest absolute Gasteiger partial charge is 0.285 e. The Morgan fingerprint density at radius 1 is 1.35 bits per heavy atom. The Balaban J connectivity index is 1.31. The first kappa shape index (κ1) is 19.9. The lowest BCUT2D eigenvalue weighted by Gasteiger charge is -2.24. The number of aromatic amines is 1. The number of aryl methyl sites for hydroxylation is 1. The molecular formula is C21H23N7O2S+. The van der Waals surface area contributed by atoms with Gasteiger partial charge in [0.1, 0.15) is 12.2 Å². The van der Waals surface area contributed by atoms with Gasteiger partial charge in [0.15, 0.2) is 12.0 Å². The summed E-state index contributed by atoms with van der Waals surface area (Å²) in [5.41, 5.74) is 2.39. The molecule has 3 aliphatic rings. The van der Waals surface area contributed by atoms with E-state index in [1.165, 1.54) is 0 Å². The lowest BCUT2D eigenvalue weighted by atomic mass is 10.3. The molecule has 31 heavy (non-hydrogen) atoms. The molecule has 0 spiro atoms. The van der Waals surface area contributed by atoms with Gasteiger partial charge in [-0.05, 0) is 60.9 Å². The number of aliphatic imine (C=N–C) groups is 1. The number of carbonyl (C=O) groups excluding carboxylic acids is 1. The molecular weight excluding hydrogens is 414 g/mol. The number of H-pyrrole nitrogens is 1. The van der Waals surface area contributed by atoms with Crippen molar-refractivity contribution in [1.82, 2.24) is 19.4 Å². The first-order valence-corrected chi connectivity index (χ1v) is 10.9. The van der Waals surface area contributed by atoms with Crippen LogP contribution < -0.4 is 15.5 Å². The second-order valence-electron chi connectivity index (χ2n) is 7.71. The average molecular weight is 438 g/mol. The molecule has 1 fully saturated rings. The number of nitrogens with zero attached hydrogens (tertiary/aromatic N) is 4. The fraction of sp³-hybridized carbons (Fsp3) is 0.286. The van der Waals surface area contributed by atoms with Crippen molar-refractivity contribution in [3.05, 3.63) is 59.9 Å². The summed E-state index contributed by atoms with van der Waals surface area (Å²) in [4.78, 5) is 19.4. The number of hydrogen-bond donors (Lipinski definition) is 4. The lowest BCUT2D eigenvalue weighted by Crippen LogP contribution is -2.42. The molecule has 3 heterocycles. The van der Waals surface area contributed by atoms with Gasteiger partial charge >= 0.3 is 0 Å². The van der Waals surface area contributed by atoms with Gasteiger partial charge in [0, 0.05) is 28.3 Å². The SMILES string of the molecule is Cc1cc(NC2=CN(Sc3ccc(NC(=O)C4CC4)cc3)CC3=NC(CO)=C[N+]23)n[nH]1. The monoisotopic (exact) mass is 437 g/mol. The quantitative estimate of drug-likeness (QED) is 0.391. The third-order valence-corrected chi connectivity index (χ3v) is 6.02. The van der Waals surface area contributed by atoms with E-state index in [1.807, 2.05) is 54.6 Å². The molecule has 1 aromatic heterocycles. The maximum absolute atomic E-state index is 11.9. The Bertz CT molecular complexity index is 1090. The van der Waals surface area contributed by atoms with Crippen molar-refractivity contribution in [2.45, 2.75) is 24.7 Å². The minimum absolute atomic E-state index is 0.107. The first-order chi connectivity index (χ1) is 15.1. The van der Waals surface area contributed by atoms with Crippen molar-refractivity contribution in [2.24, 2.45) is 10.9 Å². The summed E-state index contributed by atoms with van der Waals surface area (Å²) in [6.07, 6.45) is 5.80. The summed E-state index contributed by atoms with van der Waals surface area (Å²) < 4.78 is 2.07. The summed E-state index contributed by atoms with van der Waals surface area (Å²) in [6, 6.07) is 9.75. The minimum atomic E-state index is -0.115. The molecule has 10 heteroatoms. The molecule has 1 saturated carbocycles. The maximum atomic E-state index is 11.9. The Hall–Kier alpha value is -3.08. The Labute approximate surface area is 184 Å². The number of rotatable bonds is 7. The number of amides is 1. The summed E-state index contributed by atoms with van der Waals surface area (Å²) in [5.74, 6) is 2.61. The van der Waals surface area contributed by atoms with E-state index in [-0.39, 0.29) is 18.4 Å². The summed E-state index contributed by atoms with van der Waals surface area (Å²) >= 11 is 1.57. The second-order valence-corrected chi connectivity index (χ2v) is 8.83. The van der Waals surface area contributed by atoms with Gasteiger partial charge in [0.25, 0.3) is 11.7 Å². The third-order valence-electron chi connectivity index (χ3n) is 5.07. The van der Waals surface area contributed by atoms with Crippen LogP contribution in [0.3, 0.4) is 0 Å². The van der Waals surface area contributed by atoms with Gasteiger partial charge in [-0.25, -0.2) is 0 Å². The van der Waals surface area contributed by atoms with Crippen LogP contribution in [-0.2, 0) is 4.79 Å². The highest BCUT2D eigenvalue weighted by molar-refractivity contribution is 7.97. The fourth-order valence-electron chi connectivity index (χ4n) is 3.34. The number of aliphatic hydroxyl groups excluding tert-OH is 1. The van der Waals surface area contributed by atoms with Gasteiger partial charge in [-0.2, -0.15) is 10.1 Å². The van der Waals surface area contributed by atoms with Crippen molar-refractivity contribution in [1.29, 1.82) is 0 Å². The molecule has 0 atom stereocenters. The Morgan fingerprint density at radius 2 is 2.16 bits per heavy atom.